The molecule has 340 valence electrons. The number of fused-ring (bicyclic) bond motifs is 2. The molecule has 0 aliphatic carbocycles. The zero-order chi connectivity index (χ0) is 46.8. The summed E-state index contributed by atoms with van der Waals surface area (Å²) in [6.45, 7) is 11.4. The van der Waals surface area contributed by atoms with Crippen molar-refractivity contribution in [3.05, 3.63) is 107 Å². The summed E-state index contributed by atoms with van der Waals surface area (Å²) in [6.07, 6.45) is 5.72. The molecule has 0 spiro atoms. The van der Waals surface area contributed by atoms with Gasteiger partial charge in [-0.25, -0.2) is 14.5 Å². The molecule has 6 aromatic rings. The Bertz CT molecular complexity index is 2600. The minimum absolute atomic E-state index is 0.186. The van der Waals surface area contributed by atoms with E-state index in [2.05, 4.69) is 30.8 Å². The minimum atomic E-state index is -1.39. The summed E-state index contributed by atoms with van der Waals surface area (Å²) in [6, 6.07) is 20.5. The molecular formula is C45H57N11O7S. The summed E-state index contributed by atoms with van der Waals surface area (Å²) in [7, 11) is -1.39. The summed E-state index contributed by atoms with van der Waals surface area (Å²) in [4.78, 5) is 59.1. The number of anilines is 3. The molecule has 1 unspecified atom stereocenters. The van der Waals surface area contributed by atoms with Gasteiger partial charge in [0.05, 0.1) is 34.3 Å². The van der Waals surface area contributed by atoms with Gasteiger partial charge in [-0.1, -0.05) is 60.7 Å². The van der Waals surface area contributed by atoms with E-state index in [-0.39, 0.29) is 61.5 Å². The maximum Gasteiger partial charge on any atom is 0.306 e. The van der Waals surface area contributed by atoms with E-state index < -0.39 is 22.0 Å². The van der Waals surface area contributed by atoms with Gasteiger partial charge in [0.1, 0.15) is 33.7 Å². The van der Waals surface area contributed by atoms with Crippen LogP contribution < -0.4 is 27.8 Å². The summed E-state index contributed by atoms with van der Waals surface area (Å²) in [5.74, 6) is 0.142. The largest absolute Gasteiger partial charge is 0.460 e. The molecule has 64 heavy (non-hydrogen) atoms. The molecule has 6 rings (SSSR count). The second kappa shape index (κ2) is 21.2. The maximum atomic E-state index is 13.0. The molecule has 18 nitrogen and oxygen atoms in total. The van der Waals surface area contributed by atoms with Crippen LogP contribution in [0.25, 0.3) is 11.3 Å². The SMILES string of the molecule is CC(C)(C)OC(=O)CC[C@@H](CN)Nc1cc(N)n2ncc(C(=O)c3ccccc3)c2n1.CS(=O)c1cc(N[C@H](CN)CCC(=O)OC(C)(C)C)nc2c(C(=O)c3ccccc3)cnn12. The zero-order valence-electron chi connectivity index (χ0n) is 37.2. The zero-order valence-corrected chi connectivity index (χ0v) is 38.0. The molecule has 0 fully saturated rings. The number of nitrogen functional groups attached to an aromatic ring is 1. The second-order valence-electron chi connectivity index (χ2n) is 16.9. The van der Waals surface area contributed by atoms with Gasteiger partial charge in [-0.15, -0.1) is 0 Å². The fraction of sp³-hybridized carbons (Fsp3) is 0.378. The number of ether oxygens (including phenoxy) is 2. The Labute approximate surface area is 374 Å². The molecule has 8 N–H and O–H groups in total. The van der Waals surface area contributed by atoms with Crippen molar-refractivity contribution in [2.24, 2.45) is 11.5 Å². The van der Waals surface area contributed by atoms with E-state index in [1.165, 1.54) is 27.7 Å². The topological polar surface area (TPSA) is 266 Å². The fourth-order valence-corrected chi connectivity index (χ4v) is 7.02. The quantitative estimate of drug-likeness (QED) is 0.0460. The Morgan fingerprint density at radius 2 is 1.08 bits per heavy atom. The van der Waals surface area contributed by atoms with Crippen LogP contribution in [0.1, 0.15) is 99.1 Å². The molecule has 4 aromatic heterocycles. The average molecular weight is 896 g/mol. The molecule has 0 bridgehead atoms. The smallest absolute Gasteiger partial charge is 0.306 e. The molecule has 0 radical (unpaired) electrons. The molecule has 0 saturated heterocycles. The number of benzene rings is 2. The molecule has 0 aliphatic heterocycles. The normalized spacial score (nSPS) is 13.0. The average Bonchev–Trinajstić information content (AvgIpc) is 3.87. The Hall–Kier alpha value is -6.57. The first-order valence-electron chi connectivity index (χ1n) is 20.7. The number of hydrogen-bond acceptors (Lipinski definition) is 16. The Morgan fingerprint density at radius 3 is 1.48 bits per heavy atom. The molecule has 3 atom stereocenters. The number of carbonyl (C=O) groups excluding carboxylic acids is 4. The Kier molecular flexibility index (Phi) is 16.1. The molecule has 4 heterocycles. The minimum Gasteiger partial charge on any atom is -0.460 e. The summed E-state index contributed by atoms with van der Waals surface area (Å²) < 4.78 is 25.9. The van der Waals surface area contributed by atoms with Gasteiger partial charge in [-0.2, -0.15) is 14.7 Å². The lowest BCUT2D eigenvalue weighted by molar-refractivity contribution is -0.156. The van der Waals surface area contributed by atoms with E-state index in [1.54, 1.807) is 60.7 Å². The number of nitrogens with two attached hydrogens (primary N) is 3. The van der Waals surface area contributed by atoms with Crippen molar-refractivity contribution in [3.63, 3.8) is 0 Å². The number of nitrogens with one attached hydrogen (secondary N) is 2. The van der Waals surface area contributed by atoms with Crippen molar-refractivity contribution in [1.82, 2.24) is 29.2 Å². The van der Waals surface area contributed by atoms with Gasteiger partial charge in [0.25, 0.3) is 0 Å². The predicted molar refractivity (Wildman–Crippen MR) is 246 cm³/mol. The summed E-state index contributed by atoms with van der Waals surface area (Å²) in [5.41, 5.74) is 19.1. The molecule has 0 amide bonds. The first kappa shape index (κ1) is 48.5. The molecule has 0 aliphatic rings. The highest BCUT2D eigenvalue weighted by atomic mass is 32.2. The number of ketones is 2. The highest BCUT2D eigenvalue weighted by Crippen LogP contribution is 2.23. The van der Waals surface area contributed by atoms with E-state index in [1.807, 2.05) is 53.7 Å². The number of rotatable bonds is 17. The fourth-order valence-electron chi connectivity index (χ4n) is 6.37. The Balaban J connectivity index is 0.000000241. The van der Waals surface area contributed by atoms with Gasteiger partial charge in [-0.3, -0.25) is 23.4 Å². The van der Waals surface area contributed by atoms with Crippen molar-refractivity contribution in [1.29, 1.82) is 0 Å². The third kappa shape index (κ3) is 13.2. The second-order valence-corrected chi connectivity index (χ2v) is 18.2. The molecule has 19 heteroatoms. The van der Waals surface area contributed by atoms with Crippen molar-refractivity contribution in [2.75, 3.05) is 35.7 Å². The number of nitrogens with zero attached hydrogens (tertiary/aromatic N) is 6. The third-order valence-electron chi connectivity index (χ3n) is 9.30. The Morgan fingerprint density at radius 1 is 0.672 bits per heavy atom. The van der Waals surface area contributed by atoms with Crippen LogP contribution >= 0.6 is 0 Å². The number of aromatic nitrogens is 6. The van der Waals surface area contributed by atoms with Gasteiger partial charge in [0.2, 0.25) is 0 Å². The number of esters is 2. The van der Waals surface area contributed by atoms with E-state index >= 15 is 0 Å². The predicted octanol–water partition coefficient (Wildman–Crippen LogP) is 4.96. The summed E-state index contributed by atoms with van der Waals surface area (Å²) in [5, 5.41) is 15.2. The van der Waals surface area contributed by atoms with Gasteiger partial charge in [0.15, 0.2) is 22.9 Å². The number of carbonyl (C=O) groups is 4. The van der Waals surface area contributed by atoms with Crippen LogP contribution in [0.4, 0.5) is 17.5 Å². The lowest BCUT2D eigenvalue weighted by Gasteiger charge is -2.21. The molecular weight excluding hydrogens is 839 g/mol. The van der Waals surface area contributed by atoms with Crippen LogP contribution in [0.5, 0.6) is 0 Å². The van der Waals surface area contributed by atoms with E-state index in [0.29, 0.717) is 68.9 Å². The lowest BCUT2D eigenvalue weighted by Crippen LogP contribution is -2.31. The van der Waals surface area contributed by atoms with Crippen molar-refractivity contribution >= 4 is 63.1 Å². The first-order valence-corrected chi connectivity index (χ1v) is 22.3. The van der Waals surface area contributed by atoms with Crippen LogP contribution in [0.2, 0.25) is 0 Å². The van der Waals surface area contributed by atoms with Crippen LogP contribution in [0.15, 0.2) is 90.2 Å². The van der Waals surface area contributed by atoms with E-state index in [0.717, 1.165) is 0 Å². The van der Waals surface area contributed by atoms with Crippen molar-refractivity contribution in [2.45, 2.75) is 95.5 Å². The van der Waals surface area contributed by atoms with Crippen LogP contribution in [0, 0.1) is 0 Å². The highest BCUT2D eigenvalue weighted by molar-refractivity contribution is 7.84. The van der Waals surface area contributed by atoms with E-state index in [9.17, 15) is 23.4 Å². The van der Waals surface area contributed by atoms with Gasteiger partial charge >= 0.3 is 11.9 Å². The molecule has 0 saturated carbocycles. The van der Waals surface area contributed by atoms with Crippen molar-refractivity contribution in [3.8, 4) is 0 Å². The molecule has 2 aromatic carbocycles. The number of hydrogen-bond donors (Lipinski definition) is 5. The summed E-state index contributed by atoms with van der Waals surface area (Å²) >= 11 is 0. The lowest BCUT2D eigenvalue weighted by atomic mass is 10.1. The van der Waals surface area contributed by atoms with Crippen LogP contribution in [-0.4, -0.2) is 99.5 Å². The monoisotopic (exact) mass is 895 g/mol. The van der Waals surface area contributed by atoms with Crippen LogP contribution in [0.3, 0.4) is 0 Å². The van der Waals surface area contributed by atoms with Crippen LogP contribution in [-0.2, 0) is 29.9 Å². The van der Waals surface area contributed by atoms with Gasteiger partial charge in [0, 0.05) is 67.5 Å². The van der Waals surface area contributed by atoms with E-state index in [4.69, 9.17) is 26.7 Å². The van der Waals surface area contributed by atoms with Crippen molar-refractivity contribution < 1.29 is 32.9 Å². The first-order chi connectivity index (χ1) is 30.3. The van der Waals surface area contributed by atoms with Gasteiger partial charge in [-0.05, 0) is 54.4 Å². The highest BCUT2D eigenvalue weighted by Gasteiger charge is 2.23. The maximum absolute atomic E-state index is 13.0. The standard InChI is InChI=1S/C23H29N5O4S.C22H28N6O3/c1-23(2,3)32-20(29)11-10-16(13-24)26-18-12-19(33(4)31)28-22(27-18)17(14-25-28)21(30)15-8-6-5-7-9-15;1-22(2,3)31-19(29)10-9-15(12-23)26-18-11-17(24)28-21(27-18)16(13-25-28)20(30)14-7-5-4-6-8-14/h5-9,12,14,16H,10-11,13,24H2,1-4H3,(H,26,27);4-8,11,13,15H,9-10,12,23-24H2,1-3H3,(H,26,27)/t16-,33?;15-/m00/s1. The van der Waals surface area contributed by atoms with Gasteiger partial charge < -0.3 is 37.3 Å². The third-order valence-corrected chi connectivity index (χ3v) is 10.2.